The molecule has 0 atom stereocenters. The molecule has 0 aliphatic rings. The fourth-order valence-electron chi connectivity index (χ4n) is 1.59. The molecule has 0 saturated carbocycles. The molecule has 0 saturated heterocycles. The fourth-order valence-corrected chi connectivity index (χ4v) is 2.92. The maximum Gasteiger partial charge on any atom is 0.309 e. The van der Waals surface area contributed by atoms with E-state index in [1.807, 2.05) is 25.6 Å². The Labute approximate surface area is 132 Å². The third-order valence-corrected chi connectivity index (χ3v) is 5.14. The van der Waals surface area contributed by atoms with Crippen LogP contribution in [0.1, 0.15) is 33.3 Å². The van der Waals surface area contributed by atoms with Crippen molar-refractivity contribution < 1.29 is 9.76 Å². The monoisotopic (exact) mass is 312 g/mol. The summed E-state index contributed by atoms with van der Waals surface area (Å²) < 4.78 is 5.91. The zero-order valence-electron chi connectivity index (χ0n) is 13.3. The summed E-state index contributed by atoms with van der Waals surface area (Å²) in [6.07, 6.45) is 4.22. The van der Waals surface area contributed by atoms with Gasteiger partial charge in [-0.1, -0.05) is 23.7 Å². The Morgan fingerprint density at radius 1 is 1.20 bits per heavy atom. The molecule has 0 heterocycles. The molecule has 2 nitrogen and oxygen atoms in total. The van der Waals surface area contributed by atoms with Gasteiger partial charge in [-0.25, -0.2) is 0 Å². The van der Waals surface area contributed by atoms with Crippen molar-refractivity contribution in [3.63, 3.8) is 0 Å². The molecular formula is C15H25BO2S2. The van der Waals surface area contributed by atoms with E-state index in [0.717, 1.165) is 11.2 Å². The Kier molecular flexibility index (Phi) is 6.51. The summed E-state index contributed by atoms with van der Waals surface area (Å²) in [4.78, 5) is 1.31. The van der Waals surface area contributed by atoms with Crippen molar-refractivity contribution in [2.75, 3.05) is 12.5 Å². The zero-order valence-corrected chi connectivity index (χ0v) is 15.0. The van der Waals surface area contributed by atoms with Crippen molar-refractivity contribution in [3.8, 4) is 0 Å². The quantitative estimate of drug-likeness (QED) is 0.619. The Balaban J connectivity index is 2.79. The maximum atomic E-state index is 10.1. The minimum atomic E-state index is -0.867. The van der Waals surface area contributed by atoms with Crippen molar-refractivity contribution in [1.29, 1.82) is 0 Å². The lowest BCUT2D eigenvalue weighted by Crippen LogP contribution is -2.49. The molecular weight excluding hydrogens is 287 g/mol. The lowest BCUT2D eigenvalue weighted by molar-refractivity contribution is -0.0893. The van der Waals surface area contributed by atoms with Crippen LogP contribution in [-0.4, -0.2) is 36.3 Å². The second-order valence-corrected chi connectivity index (χ2v) is 7.65. The van der Waals surface area contributed by atoms with Crippen molar-refractivity contribution in [2.24, 2.45) is 0 Å². The van der Waals surface area contributed by atoms with E-state index < -0.39 is 11.2 Å². The Morgan fingerprint density at radius 2 is 1.85 bits per heavy atom. The Hall–Kier alpha value is -0.0951. The predicted molar refractivity (Wildman–Crippen MR) is 93.7 cm³/mol. The molecule has 0 aliphatic carbocycles. The number of hydrogen-bond donors (Lipinski definition) is 1. The number of benzene rings is 1. The molecule has 1 N–H and O–H groups in total. The van der Waals surface area contributed by atoms with Gasteiger partial charge < -0.3 is 9.76 Å². The van der Waals surface area contributed by atoms with Gasteiger partial charge in [-0.05, 0) is 45.8 Å². The van der Waals surface area contributed by atoms with Crippen LogP contribution in [0.5, 0.6) is 0 Å². The first-order valence-electron chi connectivity index (χ1n) is 6.72. The minimum absolute atomic E-state index is 0.518. The molecule has 0 radical (unpaired) electrons. The lowest BCUT2D eigenvalue weighted by atomic mass is 9.82. The molecule has 1 aromatic carbocycles. The van der Waals surface area contributed by atoms with Gasteiger partial charge in [-0.3, -0.25) is 0 Å². The number of hydrogen-bond acceptors (Lipinski definition) is 4. The van der Waals surface area contributed by atoms with Crippen LogP contribution in [0.15, 0.2) is 23.1 Å². The van der Waals surface area contributed by atoms with Gasteiger partial charge in [0.1, 0.15) is 0 Å². The molecule has 0 aromatic heterocycles. The van der Waals surface area contributed by atoms with Crippen LogP contribution in [0.4, 0.5) is 0 Å². The van der Waals surface area contributed by atoms with Gasteiger partial charge in [0.15, 0.2) is 0 Å². The van der Waals surface area contributed by atoms with Gasteiger partial charge in [-0.2, -0.15) is 11.8 Å². The normalized spacial score (nSPS) is 12.6. The second-order valence-electron chi connectivity index (χ2n) is 5.94. The van der Waals surface area contributed by atoms with Crippen molar-refractivity contribution >= 4 is 36.5 Å². The number of rotatable bonds is 7. The van der Waals surface area contributed by atoms with Gasteiger partial charge in [0.2, 0.25) is 0 Å². The fraction of sp³-hybridized carbons (Fsp3) is 0.600. The molecule has 112 valence electrons. The van der Waals surface area contributed by atoms with Gasteiger partial charge >= 0.3 is 7.48 Å². The summed E-state index contributed by atoms with van der Waals surface area (Å²) in [5, 5.41) is 10.1. The summed E-state index contributed by atoms with van der Waals surface area (Å²) in [6.45, 7) is 7.40. The Bertz CT molecular complexity index is 442. The first-order chi connectivity index (χ1) is 9.21. The van der Waals surface area contributed by atoms with E-state index in [-0.39, 0.29) is 0 Å². The van der Waals surface area contributed by atoms with Gasteiger partial charge in [0.05, 0.1) is 11.2 Å². The average Bonchev–Trinajstić information content (AvgIpc) is 2.36. The van der Waals surface area contributed by atoms with Gasteiger partial charge in [-0.15, -0.1) is 11.8 Å². The van der Waals surface area contributed by atoms with E-state index in [1.165, 1.54) is 10.5 Å². The molecule has 0 spiro atoms. The standard InChI is InChI=1S/C15H25BO2S2/c1-14(2,17)15(3,4)18-16-12-8-7-11(10-19-5)13(9-12)20-6/h7-9,16-17H,10H2,1-6H3. The van der Waals surface area contributed by atoms with E-state index in [2.05, 4.69) is 30.7 Å². The highest BCUT2D eigenvalue weighted by Gasteiger charge is 2.35. The molecule has 1 aromatic rings. The topological polar surface area (TPSA) is 29.5 Å². The highest BCUT2D eigenvalue weighted by atomic mass is 32.2. The first-order valence-corrected chi connectivity index (χ1v) is 9.34. The maximum absolute atomic E-state index is 10.1. The van der Waals surface area contributed by atoms with E-state index in [0.29, 0.717) is 7.48 Å². The van der Waals surface area contributed by atoms with Gasteiger partial charge in [0.25, 0.3) is 0 Å². The number of aliphatic hydroxyl groups is 1. The van der Waals surface area contributed by atoms with Crippen LogP contribution >= 0.6 is 23.5 Å². The Morgan fingerprint density at radius 3 is 2.35 bits per heavy atom. The largest absolute Gasteiger partial charge is 0.427 e. The van der Waals surface area contributed by atoms with Crippen molar-refractivity contribution in [2.45, 2.75) is 49.5 Å². The smallest absolute Gasteiger partial charge is 0.309 e. The van der Waals surface area contributed by atoms with Crippen LogP contribution < -0.4 is 5.46 Å². The minimum Gasteiger partial charge on any atom is -0.427 e. The van der Waals surface area contributed by atoms with E-state index in [1.54, 1.807) is 25.6 Å². The van der Waals surface area contributed by atoms with Crippen LogP contribution in [0.2, 0.25) is 0 Å². The molecule has 0 fully saturated rings. The summed E-state index contributed by atoms with van der Waals surface area (Å²) in [7, 11) is 0.518. The summed E-state index contributed by atoms with van der Waals surface area (Å²) in [6, 6.07) is 6.49. The van der Waals surface area contributed by atoms with Crippen LogP contribution in [-0.2, 0) is 10.4 Å². The lowest BCUT2D eigenvalue weighted by Gasteiger charge is -2.37. The van der Waals surface area contributed by atoms with Crippen molar-refractivity contribution in [1.82, 2.24) is 0 Å². The van der Waals surface area contributed by atoms with Crippen LogP contribution in [0, 0.1) is 0 Å². The summed E-state index contributed by atoms with van der Waals surface area (Å²) in [5.41, 5.74) is 1.07. The average molecular weight is 312 g/mol. The van der Waals surface area contributed by atoms with Crippen LogP contribution in [0.3, 0.4) is 0 Å². The van der Waals surface area contributed by atoms with Crippen molar-refractivity contribution in [3.05, 3.63) is 23.8 Å². The second kappa shape index (κ2) is 7.25. The highest BCUT2D eigenvalue weighted by molar-refractivity contribution is 7.99. The van der Waals surface area contributed by atoms with Gasteiger partial charge in [0, 0.05) is 10.6 Å². The molecule has 1 rings (SSSR count). The summed E-state index contributed by atoms with van der Waals surface area (Å²) in [5.74, 6) is 1.03. The first kappa shape index (κ1) is 18.0. The molecule has 20 heavy (non-hydrogen) atoms. The molecule has 0 bridgehead atoms. The molecule has 0 amide bonds. The zero-order chi connectivity index (χ0) is 15.4. The molecule has 0 aliphatic heterocycles. The predicted octanol–water partition coefficient (Wildman–Crippen LogP) is 2.81. The van der Waals surface area contributed by atoms with Crippen LogP contribution in [0.25, 0.3) is 0 Å². The highest BCUT2D eigenvalue weighted by Crippen LogP contribution is 2.25. The number of thioether (sulfide) groups is 2. The third-order valence-electron chi connectivity index (χ3n) is 3.72. The molecule has 0 unspecified atom stereocenters. The van der Waals surface area contributed by atoms with E-state index >= 15 is 0 Å². The SMILES string of the molecule is CSCc1ccc(BOC(C)(C)C(C)(C)O)cc1SC. The summed E-state index contributed by atoms with van der Waals surface area (Å²) >= 11 is 3.60. The molecule has 5 heteroatoms. The van der Waals surface area contributed by atoms with E-state index in [4.69, 9.17) is 4.65 Å². The third kappa shape index (κ3) is 4.73. The van der Waals surface area contributed by atoms with E-state index in [9.17, 15) is 5.11 Å².